The molecule has 0 aliphatic heterocycles. The molecule has 1 aromatic carbocycles. The molecule has 0 saturated carbocycles. The van der Waals surface area contributed by atoms with Crippen molar-refractivity contribution in [2.24, 2.45) is 0 Å². The van der Waals surface area contributed by atoms with Gasteiger partial charge in [-0.05, 0) is 18.4 Å². The van der Waals surface area contributed by atoms with Crippen LogP contribution in [0.25, 0.3) is 0 Å². The van der Waals surface area contributed by atoms with Crippen molar-refractivity contribution in [3.63, 3.8) is 0 Å². The fraction of sp³-hybridized carbons (Fsp3) is 0.231. The van der Waals surface area contributed by atoms with Crippen LogP contribution in [0.3, 0.4) is 0 Å². The molecule has 0 atom stereocenters. The zero-order chi connectivity index (χ0) is 13.8. The second-order valence-electron chi connectivity index (χ2n) is 4.10. The van der Waals surface area contributed by atoms with Gasteiger partial charge in [-0.25, -0.2) is 9.97 Å². The van der Waals surface area contributed by atoms with Crippen molar-refractivity contribution in [2.45, 2.75) is 5.16 Å². The summed E-state index contributed by atoms with van der Waals surface area (Å²) in [5, 5.41) is 4.36. The van der Waals surface area contributed by atoms with E-state index in [0.717, 1.165) is 11.4 Å². The highest BCUT2D eigenvalue weighted by Crippen LogP contribution is 2.27. The molecule has 2 aromatic rings. The van der Waals surface area contributed by atoms with Crippen LogP contribution in [0.5, 0.6) is 0 Å². The minimum absolute atomic E-state index is 0.434. The summed E-state index contributed by atoms with van der Waals surface area (Å²) >= 11 is 7.44. The molecule has 0 aliphatic rings. The molecule has 1 heterocycles. The maximum atomic E-state index is 5.98. The van der Waals surface area contributed by atoms with Crippen molar-refractivity contribution in [3.8, 4) is 0 Å². The predicted octanol–water partition coefficient (Wildman–Crippen LogP) is 3.66. The maximum Gasteiger partial charge on any atom is 0.190 e. The third-order valence-corrected chi connectivity index (χ3v) is 3.25. The highest BCUT2D eigenvalue weighted by molar-refractivity contribution is 7.98. The van der Waals surface area contributed by atoms with Gasteiger partial charge in [-0.2, -0.15) is 0 Å². The molecular weight excluding hydrogens is 280 g/mol. The minimum atomic E-state index is 0.434. The molecule has 100 valence electrons. The van der Waals surface area contributed by atoms with Crippen molar-refractivity contribution in [1.82, 2.24) is 9.97 Å². The van der Waals surface area contributed by atoms with Crippen molar-refractivity contribution in [1.29, 1.82) is 0 Å². The molecule has 2 rings (SSSR count). The molecule has 0 fully saturated rings. The average Bonchev–Trinajstić information content (AvgIpc) is 2.38. The van der Waals surface area contributed by atoms with E-state index in [1.165, 1.54) is 11.8 Å². The number of aromatic nitrogens is 2. The molecule has 0 spiro atoms. The summed E-state index contributed by atoms with van der Waals surface area (Å²) in [4.78, 5) is 10.5. The Morgan fingerprint density at radius 3 is 2.63 bits per heavy atom. The number of anilines is 3. The lowest BCUT2D eigenvalue weighted by atomic mass is 10.2. The number of benzene rings is 1. The largest absolute Gasteiger partial charge is 0.376 e. The van der Waals surface area contributed by atoms with Crippen LogP contribution in [0.15, 0.2) is 35.5 Å². The van der Waals surface area contributed by atoms with Gasteiger partial charge < -0.3 is 10.2 Å². The van der Waals surface area contributed by atoms with Crippen molar-refractivity contribution >= 4 is 40.6 Å². The van der Waals surface area contributed by atoms with Gasteiger partial charge in [0.2, 0.25) is 0 Å². The first-order valence-electron chi connectivity index (χ1n) is 5.72. The van der Waals surface area contributed by atoms with E-state index in [4.69, 9.17) is 11.6 Å². The van der Waals surface area contributed by atoms with Crippen LogP contribution < -0.4 is 10.2 Å². The number of nitrogens with zero attached hydrogens (tertiary/aromatic N) is 3. The average molecular weight is 295 g/mol. The molecule has 0 radical (unpaired) electrons. The topological polar surface area (TPSA) is 41.1 Å². The van der Waals surface area contributed by atoms with Crippen molar-refractivity contribution < 1.29 is 0 Å². The minimum Gasteiger partial charge on any atom is -0.376 e. The molecule has 0 amide bonds. The molecular formula is C13H15ClN4S. The second-order valence-corrected chi connectivity index (χ2v) is 5.26. The molecule has 0 saturated heterocycles. The summed E-state index contributed by atoms with van der Waals surface area (Å²) in [5.74, 6) is 0.693. The summed E-state index contributed by atoms with van der Waals surface area (Å²) in [6.07, 6.45) is 1.92. The summed E-state index contributed by atoms with van der Waals surface area (Å²) in [7, 11) is 4.00. The number of rotatable bonds is 4. The Morgan fingerprint density at radius 1 is 1.21 bits per heavy atom. The van der Waals surface area contributed by atoms with Crippen LogP contribution >= 0.6 is 23.4 Å². The van der Waals surface area contributed by atoms with Crippen LogP contribution in [-0.2, 0) is 0 Å². The zero-order valence-corrected chi connectivity index (χ0v) is 12.6. The van der Waals surface area contributed by atoms with E-state index in [2.05, 4.69) is 15.3 Å². The van der Waals surface area contributed by atoms with Gasteiger partial charge in [0.25, 0.3) is 0 Å². The first kappa shape index (κ1) is 14.0. The Hall–Kier alpha value is -1.46. The van der Waals surface area contributed by atoms with Gasteiger partial charge >= 0.3 is 0 Å². The van der Waals surface area contributed by atoms with Crippen molar-refractivity contribution in [2.75, 3.05) is 30.6 Å². The molecule has 1 N–H and O–H groups in total. The Bertz CT molecular complexity index is 574. The first-order chi connectivity index (χ1) is 9.10. The smallest absolute Gasteiger partial charge is 0.190 e. The van der Waals surface area contributed by atoms with Gasteiger partial charge in [0, 0.05) is 20.2 Å². The monoisotopic (exact) mass is 294 g/mol. The molecule has 0 aliphatic carbocycles. The van der Waals surface area contributed by atoms with Gasteiger partial charge in [-0.1, -0.05) is 35.5 Å². The lowest BCUT2D eigenvalue weighted by Gasteiger charge is -2.18. The highest BCUT2D eigenvalue weighted by atomic mass is 35.5. The number of para-hydroxylation sites is 2. The summed E-state index contributed by atoms with van der Waals surface area (Å²) in [5.41, 5.74) is 2.07. The van der Waals surface area contributed by atoms with Crippen molar-refractivity contribution in [3.05, 3.63) is 35.5 Å². The lowest BCUT2D eigenvalue weighted by Crippen LogP contribution is -2.11. The standard InChI is InChI=1S/C13H15ClN4S/c1-18(2)10-7-5-4-6-9(10)15-12-8-11(14)16-13(17-12)19-3/h4-8H,1-3H3,(H,15,16,17). The van der Waals surface area contributed by atoms with E-state index < -0.39 is 0 Å². The normalized spacial score (nSPS) is 10.3. The zero-order valence-electron chi connectivity index (χ0n) is 11.0. The van der Waals surface area contributed by atoms with Gasteiger partial charge in [-0.3, -0.25) is 0 Å². The third-order valence-electron chi connectivity index (χ3n) is 2.51. The van der Waals surface area contributed by atoms with E-state index in [1.54, 1.807) is 6.07 Å². The molecule has 19 heavy (non-hydrogen) atoms. The SMILES string of the molecule is CSc1nc(Cl)cc(Nc2ccccc2N(C)C)n1. The summed E-state index contributed by atoms with van der Waals surface area (Å²) in [6, 6.07) is 9.74. The van der Waals surface area contributed by atoms with Crippen LogP contribution in [0.1, 0.15) is 0 Å². The number of hydrogen-bond donors (Lipinski definition) is 1. The van der Waals surface area contributed by atoms with E-state index in [0.29, 0.717) is 16.1 Å². The van der Waals surface area contributed by atoms with Crippen LogP contribution in [0.2, 0.25) is 5.15 Å². The Morgan fingerprint density at radius 2 is 1.95 bits per heavy atom. The Balaban J connectivity index is 2.33. The third kappa shape index (κ3) is 3.52. The summed E-state index contributed by atoms with van der Waals surface area (Å²) in [6.45, 7) is 0. The number of hydrogen-bond acceptors (Lipinski definition) is 5. The van der Waals surface area contributed by atoms with Crippen LogP contribution in [0, 0.1) is 0 Å². The molecule has 4 nitrogen and oxygen atoms in total. The van der Waals surface area contributed by atoms with E-state index in [1.807, 2.05) is 49.5 Å². The maximum absolute atomic E-state index is 5.98. The van der Waals surface area contributed by atoms with Crippen LogP contribution in [-0.4, -0.2) is 30.3 Å². The molecule has 0 unspecified atom stereocenters. The van der Waals surface area contributed by atoms with E-state index in [-0.39, 0.29) is 0 Å². The van der Waals surface area contributed by atoms with Gasteiger partial charge in [-0.15, -0.1) is 0 Å². The Labute approximate surface area is 122 Å². The fourth-order valence-electron chi connectivity index (χ4n) is 1.66. The lowest BCUT2D eigenvalue weighted by molar-refractivity contribution is 0.975. The van der Waals surface area contributed by atoms with Gasteiger partial charge in [0.15, 0.2) is 5.16 Å². The number of halogens is 1. The van der Waals surface area contributed by atoms with Gasteiger partial charge in [0.05, 0.1) is 11.4 Å². The predicted molar refractivity (Wildman–Crippen MR) is 82.9 cm³/mol. The van der Waals surface area contributed by atoms with Gasteiger partial charge in [0.1, 0.15) is 11.0 Å². The first-order valence-corrected chi connectivity index (χ1v) is 7.32. The highest BCUT2D eigenvalue weighted by Gasteiger charge is 2.07. The number of nitrogens with one attached hydrogen (secondary N) is 1. The van der Waals surface area contributed by atoms with E-state index >= 15 is 0 Å². The second kappa shape index (κ2) is 6.12. The number of thioether (sulfide) groups is 1. The molecule has 0 bridgehead atoms. The fourth-order valence-corrected chi connectivity index (χ4v) is 2.27. The Kier molecular flexibility index (Phi) is 4.50. The summed E-state index contributed by atoms with van der Waals surface area (Å²) < 4.78 is 0. The van der Waals surface area contributed by atoms with E-state index in [9.17, 15) is 0 Å². The molecule has 6 heteroatoms. The van der Waals surface area contributed by atoms with Crippen LogP contribution in [0.4, 0.5) is 17.2 Å². The quantitative estimate of drug-likeness (QED) is 0.529. The molecule has 1 aromatic heterocycles.